The fraction of sp³-hybridized carbons (Fsp3) is 0.300. The van der Waals surface area contributed by atoms with Crippen molar-refractivity contribution >= 4 is 17.5 Å². The highest BCUT2D eigenvalue weighted by Gasteiger charge is 2.35. The molecule has 0 aromatic heterocycles. The minimum atomic E-state index is -0.475. The molecular weight excluding hydrogens is 351 g/mol. The molecule has 2 aromatic rings. The standard InChI is InChI=1S/C20H19FN2O4/c21-16-4-2-1-3-13(16)11-22-20(25)14-9-19(24)23(12-14)15-5-6-17-18(10-15)27-8-7-26-17/h1-6,10,14H,7-9,11-12H2,(H,22,25)/t14-/m1/s1. The summed E-state index contributed by atoms with van der Waals surface area (Å²) in [4.78, 5) is 26.4. The monoisotopic (exact) mass is 370 g/mol. The van der Waals surface area contributed by atoms with E-state index in [-0.39, 0.29) is 37.1 Å². The molecule has 1 atom stereocenters. The quantitative estimate of drug-likeness (QED) is 0.897. The smallest absolute Gasteiger partial charge is 0.227 e. The van der Waals surface area contributed by atoms with Crippen molar-refractivity contribution in [3.63, 3.8) is 0 Å². The molecule has 1 fully saturated rings. The van der Waals surface area contributed by atoms with Crippen molar-refractivity contribution in [3.8, 4) is 11.5 Å². The third kappa shape index (κ3) is 3.58. The summed E-state index contributed by atoms with van der Waals surface area (Å²) in [5, 5.41) is 2.72. The van der Waals surface area contributed by atoms with Crippen molar-refractivity contribution in [1.29, 1.82) is 0 Å². The largest absolute Gasteiger partial charge is 0.486 e. The van der Waals surface area contributed by atoms with Gasteiger partial charge in [-0.2, -0.15) is 0 Å². The highest BCUT2D eigenvalue weighted by Crippen LogP contribution is 2.36. The maximum atomic E-state index is 13.7. The minimum absolute atomic E-state index is 0.0974. The lowest BCUT2D eigenvalue weighted by Crippen LogP contribution is -2.32. The van der Waals surface area contributed by atoms with E-state index in [0.29, 0.717) is 36.0 Å². The topological polar surface area (TPSA) is 67.9 Å². The summed E-state index contributed by atoms with van der Waals surface area (Å²) in [5.74, 6) is 0.0230. The fourth-order valence-electron chi connectivity index (χ4n) is 3.30. The van der Waals surface area contributed by atoms with E-state index in [1.165, 1.54) is 6.07 Å². The molecule has 0 unspecified atom stereocenters. The van der Waals surface area contributed by atoms with Crippen LogP contribution in [0.15, 0.2) is 42.5 Å². The second-order valence-electron chi connectivity index (χ2n) is 6.54. The molecule has 0 spiro atoms. The van der Waals surface area contributed by atoms with Crippen LogP contribution in [0.3, 0.4) is 0 Å². The molecule has 140 valence electrons. The SMILES string of the molecule is O=C(NCc1ccccc1F)[C@@H]1CC(=O)N(c2ccc3c(c2)OCCO3)C1. The molecule has 4 rings (SSSR count). The Labute approximate surface area is 155 Å². The molecule has 0 radical (unpaired) electrons. The molecule has 0 aliphatic carbocycles. The Bertz CT molecular complexity index is 886. The van der Waals surface area contributed by atoms with Crippen LogP contribution < -0.4 is 19.7 Å². The van der Waals surface area contributed by atoms with E-state index in [9.17, 15) is 14.0 Å². The Morgan fingerprint density at radius 2 is 1.93 bits per heavy atom. The van der Waals surface area contributed by atoms with Gasteiger partial charge < -0.3 is 19.7 Å². The Hall–Kier alpha value is -3.09. The van der Waals surface area contributed by atoms with Gasteiger partial charge in [0.05, 0.1) is 5.92 Å². The molecule has 2 aliphatic heterocycles. The lowest BCUT2D eigenvalue weighted by Gasteiger charge is -2.22. The number of rotatable bonds is 4. The summed E-state index contributed by atoms with van der Waals surface area (Å²) in [6, 6.07) is 11.6. The van der Waals surface area contributed by atoms with Crippen molar-refractivity contribution in [3.05, 3.63) is 53.8 Å². The van der Waals surface area contributed by atoms with Crippen LogP contribution in [0.25, 0.3) is 0 Å². The predicted octanol–water partition coefficient (Wildman–Crippen LogP) is 2.27. The molecule has 0 saturated carbocycles. The lowest BCUT2D eigenvalue weighted by molar-refractivity contribution is -0.126. The molecule has 6 nitrogen and oxygen atoms in total. The minimum Gasteiger partial charge on any atom is -0.486 e. The van der Waals surface area contributed by atoms with Gasteiger partial charge in [0.25, 0.3) is 0 Å². The van der Waals surface area contributed by atoms with Crippen molar-refractivity contribution in [2.24, 2.45) is 5.92 Å². The third-order valence-electron chi connectivity index (χ3n) is 4.74. The molecule has 2 aliphatic rings. The number of hydrogen-bond acceptors (Lipinski definition) is 4. The van der Waals surface area contributed by atoms with Gasteiger partial charge >= 0.3 is 0 Å². The fourth-order valence-corrected chi connectivity index (χ4v) is 3.30. The van der Waals surface area contributed by atoms with E-state index in [2.05, 4.69) is 5.32 Å². The van der Waals surface area contributed by atoms with Gasteiger partial charge in [-0.15, -0.1) is 0 Å². The van der Waals surface area contributed by atoms with E-state index in [1.54, 1.807) is 41.3 Å². The first-order valence-electron chi connectivity index (χ1n) is 8.83. The van der Waals surface area contributed by atoms with E-state index >= 15 is 0 Å². The van der Waals surface area contributed by atoms with Crippen LogP contribution in [-0.4, -0.2) is 31.6 Å². The summed E-state index contributed by atoms with van der Waals surface area (Å²) in [5.41, 5.74) is 1.09. The number of ether oxygens (including phenoxy) is 2. The second-order valence-corrected chi connectivity index (χ2v) is 6.54. The second kappa shape index (κ2) is 7.26. The van der Waals surface area contributed by atoms with Gasteiger partial charge in [0, 0.05) is 36.8 Å². The molecule has 2 heterocycles. The lowest BCUT2D eigenvalue weighted by atomic mass is 10.1. The number of hydrogen-bond donors (Lipinski definition) is 1. The zero-order chi connectivity index (χ0) is 18.8. The Balaban J connectivity index is 1.41. The van der Waals surface area contributed by atoms with Crippen LogP contribution in [0.2, 0.25) is 0 Å². The van der Waals surface area contributed by atoms with Gasteiger partial charge in [-0.1, -0.05) is 18.2 Å². The molecule has 2 aromatic carbocycles. The van der Waals surface area contributed by atoms with Crippen molar-refractivity contribution in [1.82, 2.24) is 5.32 Å². The molecular formula is C20H19FN2O4. The first-order chi connectivity index (χ1) is 13.1. The Morgan fingerprint density at radius 1 is 1.15 bits per heavy atom. The van der Waals surface area contributed by atoms with E-state index < -0.39 is 5.92 Å². The number of carbonyl (C=O) groups excluding carboxylic acids is 2. The zero-order valence-corrected chi connectivity index (χ0v) is 14.6. The van der Waals surface area contributed by atoms with Crippen LogP contribution in [0.5, 0.6) is 11.5 Å². The average Bonchev–Trinajstić information content (AvgIpc) is 3.08. The van der Waals surface area contributed by atoms with Gasteiger partial charge in [0.15, 0.2) is 11.5 Å². The number of nitrogens with zero attached hydrogens (tertiary/aromatic N) is 1. The maximum absolute atomic E-state index is 13.7. The molecule has 1 N–H and O–H groups in total. The van der Waals surface area contributed by atoms with Crippen LogP contribution in [0.1, 0.15) is 12.0 Å². The van der Waals surface area contributed by atoms with E-state index in [4.69, 9.17) is 9.47 Å². The molecule has 1 saturated heterocycles. The first kappa shape index (κ1) is 17.3. The molecule has 7 heteroatoms. The summed E-state index contributed by atoms with van der Waals surface area (Å²) in [7, 11) is 0. The van der Waals surface area contributed by atoms with Crippen molar-refractivity contribution < 1.29 is 23.5 Å². The van der Waals surface area contributed by atoms with E-state index in [0.717, 1.165) is 0 Å². The normalized spacial score (nSPS) is 18.5. The predicted molar refractivity (Wildman–Crippen MR) is 96.1 cm³/mol. The number of fused-ring (bicyclic) bond motifs is 1. The van der Waals surface area contributed by atoms with E-state index in [1.807, 2.05) is 0 Å². The van der Waals surface area contributed by atoms with Crippen LogP contribution >= 0.6 is 0 Å². The number of benzene rings is 2. The third-order valence-corrected chi connectivity index (χ3v) is 4.74. The van der Waals surface area contributed by atoms with Crippen LogP contribution in [0, 0.1) is 11.7 Å². The summed E-state index contributed by atoms with van der Waals surface area (Å²) >= 11 is 0. The van der Waals surface area contributed by atoms with Gasteiger partial charge in [-0.3, -0.25) is 9.59 Å². The number of amides is 2. The molecule has 0 bridgehead atoms. The highest BCUT2D eigenvalue weighted by atomic mass is 19.1. The number of nitrogens with one attached hydrogen (secondary N) is 1. The summed E-state index contributed by atoms with van der Waals surface area (Å²) in [6.45, 7) is 1.34. The summed E-state index contributed by atoms with van der Waals surface area (Å²) in [6.07, 6.45) is 0.123. The Morgan fingerprint density at radius 3 is 2.74 bits per heavy atom. The van der Waals surface area contributed by atoms with Crippen molar-refractivity contribution in [2.45, 2.75) is 13.0 Å². The van der Waals surface area contributed by atoms with Gasteiger partial charge in [0.2, 0.25) is 11.8 Å². The average molecular weight is 370 g/mol. The Kier molecular flexibility index (Phi) is 4.66. The highest BCUT2D eigenvalue weighted by molar-refractivity contribution is 6.00. The number of halogens is 1. The van der Waals surface area contributed by atoms with Gasteiger partial charge in [-0.25, -0.2) is 4.39 Å². The molecule has 27 heavy (non-hydrogen) atoms. The van der Waals surface area contributed by atoms with Crippen LogP contribution in [0.4, 0.5) is 10.1 Å². The number of anilines is 1. The summed E-state index contributed by atoms with van der Waals surface area (Å²) < 4.78 is 24.7. The first-order valence-corrected chi connectivity index (χ1v) is 8.83. The van der Waals surface area contributed by atoms with Gasteiger partial charge in [0.1, 0.15) is 19.0 Å². The zero-order valence-electron chi connectivity index (χ0n) is 14.6. The van der Waals surface area contributed by atoms with Crippen LogP contribution in [-0.2, 0) is 16.1 Å². The number of carbonyl (C=O) groups is 2. The van der Waals surface area contributed by atoms with Gasteiger partial charge in [-0.05, 0) is 18.2 Å². The molecule has 2 amide bonds. The maximum Gasteiger partial charge on any atom is 0.227 e. The van der Waals surface area contributed by atoms with Crippen molar-refractivity contribution in [2.75, 3.05) is 24.7 Å².